The maximum atomic E-state index is 13.5. The van der Waals surface area contributed by atoms with E-state index in [2.05, 4.69) is 31.0 Å². The van der Waals surface area contributed by atoms with Crippen LogP contribution in [0.5, 0.6) is 0 Å². The van der Waals surface area contributed by atoms with Gasteiger partial charge in [-0.1, -0.05) is 65.5 Å². The normalized spacial score (nSPS) is 10.9. The molecule has 186 valence electrons. The van der Waals surface area contributed by atoms with Crippen LogP contribution < -0.4 is 10.6 Å². The molecular formula is C22H19ClFN7O2S3. The average molecular weight is 564 g/mol. The molecule has 0 atom stereocenters. The highest BCUT2D eigenvalue weighted by atomic mass is 35.5. The Bertz CT molecular complexity index is 1380. The van der Waals surface area contributed by atoms with Crippen molar-refractivity contribution in [3.8, 4) is 5.69 Å². The third-order valence-corrected chi connectivity index (χ3v) is 7.53. The third kappa shape index (κ3) is 6.81. The Kier molecular flexibility index (Phi) is 8.91. The van der Waals surface area contributed by atoms with Gasteiger partial charge in [-0.3, -0.25) is 19.5 Å². The van der Waals surface area contributed by atoms with Gasteiger partial charge in [0, 0.05) is 10.6 Å². The van der Waals surface area contributed by atoms with E-state index >= 15 is 0 Å². The van der Waals surface area contributed by atoms with Gasteiger partial charge in [0.2, 0.25) is 11.0 Å². The summed E-state index contributed by atoms with van der Waals surface area (Å²) in [4.78, 5) is 25.0. The molecule has 0 saturated carbocycles. The van der Waals surface area contributed by atoms with E-state index in [0.717, 1.165) is 16.2 Å². The van der Waals surface area contributed by atoms with Crippen molar-refractivity contribution in [1.82, 2.24) is 30.3 Å². The number of thioether (sulfide) groups is 2. The van der Waals surface area contributed by atoms with Crippen molar-refractivity contribution < 1.29 is 14.0 Å². The van der Waals surface area contributed by atoms with Crippen LogP contribution in [0.15, 0.2) is 58.0 Å². The number of hydrogen-bond donors (Lipinski definition) is 2. The van der Waals surface area contributed by atoms with Gasteiger partial charge in [-0.05, 0) is 42.2 Å². The van der Waals surface area contributed by atoms with E-state index in [9.17, 15) is 14.0 Å². The predicted octanol–water partition coefficient (Wildman–Crippen LogP) is 4.68. The Morgan fingerprint density at radius 1 is 1.08 bits per heavy atom. The number of benzene rings is 2. The Morgan fingerprint density at radius 3 is 2.69 bits per heavy atom. The topological polar surface area (TPSA) is 115 Å². The SMILES string of the molecule is CCSc1nnc(NC(=O)CSc2nnc(CNC(=O)c3cccc(F)c3)n2-c2cccc(Cl)c2)s1. The van der Waals surface area contributed by atoms with Crippen LogP contribution in [0.3, 0.4) is 0 Å². The Balaban J connectivity index is 1.48. The second-order valence-electron chi connectivity index (χ2n) is 7.05. The van der Waals surface area contributed by atoms with Crippen LogP contribution in [0.2, 0.25) is 5.02 Å². The summed E-state index contributed by atoms with van der Waals surface area (Å²) in [7, 11) is 0. The van der Waals surface area contributed by atoms with Crippen molar-refractivity contribution in [1.29, 1.82) is 0 Å². The lowest BCUT2D eigenvalue weighted by atomic mass is 10.2. The first-order valence-corrected chi connectivity index (χ1v) is 13.7. The van der Waals surface area contributed by atoms with E-state index in [4.69, 9.17) is 11.6 Å². The van der Waals surface area contributed by atoms with Crippen molar-refractivity contribution in [2.75, 3.05) is 16.8 Å². The fourth-order valence-corrected chi connectivity index (χ4v) is 5.62. The molecule has 2 N–H and O–H groups in total. The second-order valence-corrected chi connectivity index (χ2v) is 10.9. The molecule has 9 nitrogen and oxygen atoms in total. The van der Waals surface area contributed by atoms with Crippen molar-refractivity contribution in [3.63, 3.8) is 0 Å². The fraction of sp³-hybridized carbons (Fsp3) is 0.182. The highest BCUT2D eigenvalue weighted by molar-refractivity contribution is 8.01. The molecule has 0 fully saturated rings. The zero-order valence-corrected chi connectivity index (χ0v) is 22.0. The Labute approximate surface area is 223 Å². The number of nitrogens with zero attached hydrogens (tertiary/aromatic N) is 5. The largest absolute Gasteiger partial charge is 0.345 e. The molecule has 4 rings (SSSR count). The summed E-state index contributed by atoms with van der Waals surface area (Å²) in [6.07, 6.45) is 0. The van der Waals surface area contributed by atoms with Crippen LogP contribution in [0.25, 0.3) is 5.69 Å². The maximum Gasteiger partial charge on any atom is 0.251 e. The Morgan fingerprint density at radius 2 is 1.92 bits per heavy atom. The minimum atomic E-state index is -0.504. The molecule has 0 spiro atoms. The van der Waals surface area contributed by atoms with Gasteiger partial charge in [0.1, 0.15) is 5.82 Å². The number of anilines is 1. The molecule has 2 aromatic carbocycles. The number of carbonyl (C=O) groups excluding carboxylic acids is 2. The van der Waals surface area contributed by atoms with Gasteiger partial charge in [-0.25, -0.2) is 4.39 Å². The number of rotatable bonds is 10. The van der Waals surface area contributed by atoms with Crippen LogP contribution in [-0.4, -0.2) is 48.3 Å². The van der Waals surface area contributed by atoms with Crippen molar-refractivity contribution in [2.24, 2.45) is 0 Å². The first-order valence-electron chi connectivity index (χ1n) is 10.6. The van der Waals surface area contributed by atoms with E-state index in [1.165, 1.54) is 41.3 Å². The standard InChI is InChI=1S/C22H19ClFN7O2S3/c1-2-34-22-30-28-20(36-22)26-18(32)12-35-21-29-27-17(31(21)16-8-4-6-14(23)10-16)11-25-19(33)13-5-3-7-15(24)9-13/h3-10H,2,11-12H2,1H3,(H,25,33)(H,26,28,32). The summed E-state index contributed by atoms with van der Waals surface area (Å²) in [5.74, 6) is 0.0883. The van der Waals surface area contributed by atoms with Gasteiger partial charge in [0.05, 0.1) is 18.0 Å². The van der Waals surface area contributed by atoms with Crippen LogP contribution in [0.1, 0.15) is 23.1 Å². The number of nitrogens with one attached hydrogen (secondary N) is 2. The molecule has 0 aliphatic heterocycles. The van der Waals surface area contributed by atoms with Crippen LogP contribution in [0.4, 0.5) is 9.52 Å². The van der Waals surface area contributed by atoms with E-state index in [0.29, 0.717) is 26.8 Å². The molecule has 0 radical (unpaired) electrons. The number of hydrogen-bond acceptors (Lipinski definition) is 9. The van der Waals surface area contributed by atoms with Crippen molar-refractivity contribution in [2.45, 2.75) is 23.0 Å². The summed E-state index contributed by atoms with van der Waals surface area (Å²) in [5.41, 5.74) is 0.850. The van der Waals surface area contributed by atoms with Crippen molar-refractivity contribution in [3.05, 3.63) is 70.8 Å². The molecule has 0 bridgehead atoms. The molecule has 4 aromatic rings. The third-order valence-electron chi connectivity index (χ3n) is 4.51. The molecule has 14 heteroatoms. The summed E-state index contributed by atoms with van der Waals surface area (Å²) in [5, 5.41) is 23.2. The summed E-state index contributed by atoms with van der Waals surface area (Å²) < 4.78 is 16.0. The predicted molar refractivity (Wildman–Crippen MR) is 140 cm³/mol. The monoisotopic (exact) mass is 563 g/mol. The summed E-state index contributed by atoms with van der Waals surface area (Å²) >= 11 is 10.2. The maximum absolute atomic E-state index is 13.5. The highest BCUT2D eigenvalue weighted by Gasteiger charge is 2.18. The second kappa shape index (κ2) is 12.3. The molecule has 0 aliphatic carbocycles. The van der Waals surface area contributed by atoms with Crippen LogP contribution >= 0.6 is 46.5 Å². The molecular weight excluding hydrogens is 545 g/mol. The number of halogens is 2. The molecule has 0 saturated heterocycles. The molecule has 0 unspecified atom stereocenters. The minimum Gasteiger partial charge on any atom is -0.345 e. The van der Waals surface area contributed by atoms with E-state index in [-0.39, 0.29) is 23.8 Å². The van der Waals surface area contributed by atoms with Crippen molar-refractivity contribution >= 4 is 63.4 Å². The number of aromatic nitrogens is 5. The van der Waals surface area contributed by atoms with E-state index in [1.807, 2.05) is 13.0 Å². The Hall–Kier alpha value is -3.00. The fourth-order valence-electron chi connectivity index (χ4n) is 3.00. The van der Waals surface area contributed by atoms with E-state index < -0.39 is 11.7 Å². The number of carbonyl (C=O) groups is 2. The minimum absolute atomic E-state index is 0.0181. The molecule has 36 heavy (non-hydrogen) atoms. The first-order chi connectivity index (χ1) is 17.4. The van der Waals surface area contributed by atoms with E-state index in [1.54, 1.807) is 34.5 Å². The highest BCUT2D eigenvalue weighted by Crippen LogP contribution is 2.27. The van der Waals surface area contributed by atoms with Gasteiger partial charge in [-0.2, -0.15) is 0 Å². The zero-order valence-electron chi connectivity index (χ0n) is 18.8. The van der Waals surface area contributed by atoms with Gasteiger partial charge in [0.15, 0.2) is 15.3 Å². The molecule has 0 aliphatic rings. The average Bonchev–Trinajstić information content (AvgIpc) is 3.48. The molecule has 2 amide bonds. The van der Waals surface area contributed by atoms with Gasteiger partial charge >= 0.3 is 0 Å². The smallest absolute Gasteiger partial charge is 0.251 e. The zero-order chi connectivity index (χ0) is 25.5. The van der Waals surface area contributed by atoms with Gasteiger partial charge < -0.3 is 5.32 Å². The summed E-state index contributed by atoms with van der Waals surface area (Å²) in [6, 6.07) is 12.4. The van der Waals surface area contributed by atoms with Gasteiger partial charge in [-0.15, -0.1) is 20.4 Å². The molecule has 2 heterocycles. The summed E-state index contributed by atoms with van der Waals surface area (Å²) in [6.45, 7) is 2.03. The lowest BCUT2D eigenvalue weighted by molar-refractivity contribution is -0.113. The molecule has 2 aromatic heterocycles. The van der Waals surface area contributed by atoms with Crippen LogP contribution in [-0.2, 0) is 11.3 Å². The lowest BCUT2D eigenvalue weighted by Gasteiger charge is -2.11. The van der Waals surface area contributed by atoms with Crippen LogP contribution in [0, 0.1) is 5.82 Å². The number of amides is 2. The quantitative estimate of drug-likeness (QED) is 0.211. The van der Waals surface area contributed by atoms with Gasteiger partial charge in [0.25, 0.3) is 5.91 Å². The lowest BCUT2D eigenvalue weighted by Crippen LogP contribution is -2.24. The first kappa shape index (κ1) is 26.1.